The van der Waals surface area contributed by atoms with E-state index in [0.717, 1.165) is 6.26 Å². The lowest BCUT2D eigenvalue weighted by Gasteiger charge is -2.12. The van der Waals surface area contributed by atoms with Crippen LogP contribution in [0.5, 0.6) is 5.75 Å². The van der Waals surface area contributed by atoms with Crippen LogP contribution < -0.4 is 10.5 Å². The number of carbonyl (C=O) groups is 1. The number of nitrogens with two attached hydrogens (primary N) is 1. The summed E-state index contributed by atoms with van der Waals surface area (Å²) in [5.74, 6) is -0.366. The topological polar surface area (TPSA) is 86.5 Å². The molecule has 0 aliphatic rings. The largest absolute Gasteiger partial charge is 0.496 e. The van der Waals surface area contributed by atoms with Gasteiger partial charge in [0.2, 0.25) is 0 Å². The second-order valence-corrected chi connectivity index (χ2v) is 5.67. The molecule has 0 atom stereocenters. The second kappa shape index (κ2) is 4.75. The zero-order valence-electron chi connectivity index (χ0n) is 9.98. The smallest absolute Gasteiger partial charge is 0.252 e. The number of hydrogen-bond donors (Lipinski definition) is 1. The molecule has 6 heteroatoms. The van der Waals surface area contributed by atoms with Gasteiger partial charge in [-0.25, -0.2) is 8.42 Å². The Morgan fingerprint density at radius 1 is 1.41 bits per heavy atom. The Kier molecular flexibility index (Phi) is 3.77. The van der Waals surface area contributed by atoms with E-state index in [-0.39, 0.29) is 10.5 Å². The molecule has 94 valence electrons. The van der Waals surface area contributed by atoms with Crippen molar-refractivity contribution in [1.82, 2.24) is 0 Å². The van der Waals surface area contributed by atoms with Crippen molar-refractivity contribution in [2.24, 2.45) is 5.73 Å². The van der Waals surface area contributed by atoms with E-state index >= 15 is 0 Å². The SMILES string of the molecule is CCc1cc(S(C)(=O)=O)cc(C(N)=O)c1OC. The monoisotopic (exact) mass is 257 g/mol. The lowest BCUT2D eigenvalue weighted by molar-refractivity contribution is 0.0997. The second-order valence-electron chi connectivity index (χ2n) is 3.65. The predicted molar refractivity (Wildman–Crippen MR) is 64.0 cm³/mol. The third kappa shape index (κ3) is 2.76. The molecule has 0 aliphatic carbocycles. The normalized spacial score (nSPS) is 11.2. The van der Waals surface area contributed by atoms with Crippen LogP contribution in [0.3, 0.4) is 0 Å². The van der Waals surface area contributed by atoms with Crippen LogP contribution in [0.4, 0.5) is 0 Å². The lowest BCUT2D eigenvalue weighted by atomic mass is 10.1. The third-order valence-corrected chi connectivity index (χ3v) is 3.51. The van der Waals surface area contributed by atoms with Gasteiger partial charge in [0.05, 0.1) is 17.6 Å². The Morgan fingerprint density at radius 3 is 2.35 bits per heavy atom. The van der Waals surface area contributed by atoms with Gasteiger partial charge in [-0.1, -0.05) is 6.92 Å². The molecule has 0 aromatic heterocycles. The first-order chi connectivity index (χ1) is 7.81. The molecule has 2 N–H and O–H groups in total. The summed E-state index contributed by atoms with van der Waals surface area (Å²) in [7, 11) is -1.96. The van der Waals surface area contributed by atoms with Gasteiger partial charge >= 0.3 is 0 Å². The number of aryl methyl sites for hydroxylation is 1. The molecule has 0 spiro atoms. The van der Waals surface area contributed by atoms with Gasteiger partial charge in [0.15, 0.2) is 9.84 Å². The van der Waals surface area contributed by atoms with Crippen molar-refractivity contribution >= 4 is 15.7 Å². The molecular weight excluding hydrogens is 242 g/mol. The van der Waals surface area contributed by atoms with E-state index < -0.39 is 15.7 Å². The highest BCUT2D eigenvalue weighted by Gasteiger charge is 2.18. The Hall–Kier alpha value is -1.56. The number of hydrogen-bond acceptors (Lipinski definition) is 4. The van der Waals surface area contributed by atoms with Gasteiger partial charge in [-0.2, -0.15) is 0 Å². The van der Waals surface area contributed by atoms with Gasteiger partial charge in [-0.15, -0.1) is 0 Å². The molecule has 5 nitrogen and oxygen atoms in total. The molecule has 0 heterocycles. The maximum Gasteiger partial charge on any atom is 0.252 e. The summed E-state index contributed by atoms with van der Waals surface area (Å²) in [6, 6.07) is 2.75. The van der Waals surface area contributed by atoms with Crippen LogP contribution in [0.25, 0.3) is 0 Å². The summed E-state index contributed by atoms with van der Waals surface area (Å²) < 4.78 is 28.1. The zero-order valence-corrected chi connectivity index (χ0v) is 10.8. The van der Waals surface area contributed by atoms with Crippen molar-refractivity contribution in [3.8, 4) is 5.75 Å². The van der Waals surface area contributed by atoms with E-state index in [4.69, 9.17) is 10.5 Å². The average Bonchev–Trinajstić information content (AvgIpc) is 2.25. The first-order valence-corrected chi connectivity index (χ1v) is 6.91. The van der Waals surface area contributed by atoms with Crippen LogP contribution >= 0.6 is 0 Å². The summed E-state index contributed by atoms with van der Waals surface area (Å²) in [5.41, 5.74) is 5.95. The summed E-state index contributed by atoms with van der Waals surface area (Å²) in [6.45, 7) is 1.84. The summed E-state index contributed by atoms with van der Waals surface area (Å²) in [4.78, 5) is 11.3. The molecule has 0 radical (unpaired) electrons. The fraction of sp³-hybridized carbons (Fsp3) is 0.364. The molecule has 0 bridgehead atoms. The number of sulfone groups is 1. The van der Waals surface area contributed by atoms with Gasteiger partial charge in [0, 0.05) is 6.26 Å². The maximum atomic E-state index is 11.5. The number of primary amides is 1. The molecule has 0 fully saturated rings. The van der Waals surface area contributed by atoms with Gasteiger partial charge in [-0.3, -0.25) is 4.79 Å². The maximum absolute atomic E-state index is 11.5. The van der Waals surface area contributed by atoms with Gasteiger partial charge < -0.3 is 10.5 Å². The molecule has 0 aliphatic heterocycles. The van der Waals surface area contributed by atoms with E-state index in [0.29, 0.717) is 17.7 Å². The van der Waals surface area contributed by atoms with Crippen LogP contribution in [0.15, 0.2) is 17.0 Å². The van der Waals surface area contributed by atoms with Gasteiger partial charge in [0.1, 0.15) is 5.75 Å². The average molecular weight is 257 g/mol. The Bertz CT molecular complexity index is 549. The Balaban J connectivity index is 3.63. The molecule has 1 aromatic rings. The molecular formula is C11H15NO4S. The van der Waals surface area contributed by atoms with Crippen molar-refractivity contribution in [3.63, 3.8) is 0 Å². The predicted octanol–water partition coefficient (Wildman–Crippen LogP) is 0.760. The summed E-state index contributed by atoms with van der Waals surface area (Å²) in [6.07, 6.45) is 1.63. The number of rotatable bonds is 4. The fourth-order valence-corrected chi connectivity index (χ4v) is 2.25. The van der Waals surface area contributed by atoms with E-state index in [1.54, 1.807) is 0 Å². The number of carbonyl (C=O) groups excluding carboxylic acids is 1. The van der Waals surface area contributed by atoms with E-state index in [2.05, 4.69) is 0 Å². The standard InChI is InChI=1S/C11H15NO4S/c1-4-7-5-8(17(3,14)15)6-9(11(12)13)10(7)16-2/h5-6H,4H2,1-3H3,(H2,12,13). The fourth-order valence-electron chi connectivity index (χ4n) is 1.56. The minimum Gasteiger partial charge on any atom is -0.496 e. The molecule has 0 unspecified atom stereocenters. The minimum atomic E-state index is -3.38. The van der Waals surface area contributed by atoms with Crippen molar-refractivity contribution in [2.45, 2.75) is 18.2 Å². The quantitative estimate of drug-likeness (QED) is 0.862. The minimum absolute atomic E-state index is 0.0731. The van der Waals surface area contributed by atoms with Gasteiger partial charge in [-0.05, 0) is 24.1 Å². The number of methoxy groups -OCH3 is 1. The lowest BCUT2D eigenvalue weighted by Crippen LogP contribution is -2.15. The van der Waals surface area contributed by atoms with Crippen molar-refractivity contribution in [3.05, 3.63) is 23.3 Å². The Labute approximate surface area is 100 Å². The molecule has 0 saturated heterocycles. The molecule has 1 rings (SSSR count). The van der Waals surface area contributed by atoms with E-state index in [9.17, 15) is 13.2 Å². The van der Waals surface area contributed by atoms with E-state index in [1.807, 2.05) is 6.92 Å². The van der Waals surface area contributed by atoms with Crippen LogP contribution in [0, 0.1) is 0 Å². The number of amides is 1. The Morgan fingerprint density at radius 2 is 2.00 bits per heavy atom. The highest BCUT2D eigenvalue weighted by molar-refractivity contribution is 7.90. The molecule has 0 saturated carbocycles. The van der Waals surface area contributed by atoms with E-state index in [1.165, 1.54) is 19.2 Å². The highest BCUT2D eigenvalue weighted by atomic mass is 32.2. The van der Waals surface area contributed by atoms with Crippen molar-refractivity contribution < 1.29 is 17.9 Å². The highest BCUT2D eigenvalue weighted by Crippen LogP contribution is 2.28. The van der Waals surface area contributed by atoms with Crippen LogP contribution in [-0.4, -0.2) is 27.7 Å². The first kappa shape index (κ1) is 13.5. The number of benzene rings is 1. The number of ether oxygens (including phenoxy) is 1. The van der Waals surface area contributed by atoms with Crippen LogP contribution in [0.2, 0.25) is 0 Å². The van der Waals surface area contributed by atoms with Crippen LogP contribution in [-0.2, 0) is 16.3 Å². The summed E-state index contributed by atoms with van der Waals surface area (Å²) in [5, 5.41) is 0. The first-order valence-electron chi connectivity index (χ1n) is 5.02. The van der Waals surface area contributed by atoms with Crippen molar-refractivity contribution in [2.75, 3.05) is 13.4 Å². The van der Waals surface area contributed by atoms with Gasteiger partial charge in [0.25, 0.3) is 5.91 Å². The van der Waals surface area contributed by atoms with Crippen LogP contribution in [0.1, 0.15) is 22.8 Å². The zero-order chi connectivity index (χ0) is 13.2. The molecule has 17 heavy (non-hydrogen) atoms. The molecule has 1 aromatic carbocycles. The summed E-state index contributed by atoms with van der Waals surface area (Å²) >= 11 is 0. The molecule has 1 amide bonds. The van der Waals surface area contributed by atoms with Crippen molar-refractivity contribution in [1.29, 1.82) is 0 Å². The third-order valence-electron chi connectivity index (χ3n) is 2.42.